The lowest BCUT2D eigenvalue weighted by Crippen LogP contribution is -2.41. The molecule has 0 saturated carbocycles. The van der Waals surface area contributed by atoms with Gasteiger partial charge in [0.05, 0.1) is 11.2 Å². The molecule has 1 aromatic carbocycles. The minimum atomic E-state index is -0.658. The van der Waals surface area contributed by atoms with Gasteiger partial charge in [-0.3, -0.25) is 4.79 Å². The van der Waals surface area contributed by atoms with E-state index in [0.717, 1.165) is 0 Å². The van der Waals surface area contributed by atoms with Gasteiger partial charge in [-0.2, -0.15) is 0 Å². The van der Waals surface area contributed by atoms with Crippen LogP contribution in [0.5, 0.6) is 0 Å². The molecule has 1 aromatic rings. The minimum Gasteiger partial charge on any atom is -0.444 e. The van der Waals surface area contributed by atoms with E-state index in [4.69, 9.17) is 25.6 Å². The quantitative estimate of drug-likeness (QED) is 0.561. The van der Waals surface area contributed by atoms with Crippen LogP contribution in [0.15, 0.2) is 18.2 Å². The zero-order valence-corrected chi connectivity index (χ0v) is 18.9. The number of benzene rings is 1. The molecule has 2 N–H and O–H groups in total. The molecule has 29 heavy (non-hydrogen) atoms. The first-order valence-electron chi connectivity index (χ1n) is 9.62. The van der Waals surface area contributed by atoms with Crippen LogP contribution in [-0.4, -0.2) is 49.0 Å². The number of hydrogen-bond acceptors (Lipinski definition) is 5. The molecule has 1 heterocycles. The molecule has 2 amide bonds. The van der Waals surface area contributed by atoms with Crippen molar-refractivity contribution in [3.8, 4) is 0 Å². The lowest BCUT2D eigenvalue weighted by Gasteiger charge is -2.32. The molecule has 1 aliphatic heterocycles. The van der Waals surface area contributed by atoms with Gasteiger partial charge >= 0.3 is 13.2 Å². The molecule has 1 aliphatic rings. The first-order chi connectivity index (χ1) is 13.2. The molecule has 0 atom stereocenters. The van der Waals surface area contributed by atoms with Gasteiger partial charge in [0.15, 0.2) is 0 Å². The molecule has 0 aromatic heterocycles. The van der Waals surface area contributed by atoms with Crippen LogP contribution in [0.3, 0.4) is 0 Å². The summed E-state index contributed by atoms with van der Waals surface area (Å²) in [5.74, 6) is -0.287. The third-order valence-corrected chi connectivity index (χ3v) is 5.19. The van der Waals surface area contributed by atoms with E-state index in [0.29, 0.717) is 16.0 Å². The minimum absolute atomic E-state index is 0.248. The number of rotatable bonds is 5. The molecule has 9 heteroatoms. The van der Waals surface area contributed by atoms with Gasteiger partial charge in [-0.05, 0) is 66.7 Å². The van der Waals surface area contributed by atoms with Crippen LogP contribution >= 0.6 is 11.6 Å². The molecule has 0 unspecified atom stereocenters. The molecule has 0 aliphatic carbocycles. The average Bonchev–Trinajstić information content (AvgIpc) is 2.78. The fourth-order valence-electron chi connectivity index (χ4n) is 2.59. The number of amides is 2. The zero-order chi connectivity index (χ0) is 22.0. The maximum absolute atomic E-state index is 12.5. The Morgan fingerprint density at radius 2 is 1.62 bits per heavy atom. The molecule has 0 spiro atoms. The van der Waals surface area contributed by atoms with E-state index in [2.05, 4.69) is 10.6 Å². The highest BCUT2D eigenvalue weighted by molar-refractivity contribution is 6.65. The lowest BCUT2D eigenvalue weighted by molar-refractivity contribution is 0.00578. The summed E-state index contributed by atoms with van der Waals surface area (Å²) in [7, 11) is -0.658. The fraction of sp³-hybridized carbons (Fsp3) is 0.600. The SMILES string of the molecule is CC(C)(C)OC(=O)NCCNC(=O)c1ccc(Cl)c(B2OC(C)(C)C(C)(C)O2)c1. The molecule has 2 rings (SSSR count). The van der Waals surface area contributed by atoms with Crippen molar-refractivity contribution in [2.45, 2.75) is 65.3 Å². The van der Waals surface area contributed by atoms with E-state index in [1.165, 1.54) is 0 Å². The van der Waals surface area contributed by atoms with Crippen molar-refractivity contribution in [3.63, 3.8) is 0 Å². The maximum Gasteiger partial charge on any atom is 0.496 e. The molecule has 1 fully saturated rings. The lowest BCUT2D eigenvalue weighted by atomic mass is 9.78. The number of ether oxygens (including phenoxy) is 1. The normalized spacial score (nSPS) is 17.7. The Kier molecular flexibility index (Phi) is 6.92. The Labute approximate surface area is 177 Å². The van der Waals surface area contributed by atoms with Crippen LogP contribution in [-0.2, 0) is 14.0 Å². The summed E-state index contributed by atoms with van der Waals surface area (Å²) in [6.07, 6.45) is -0.527. The predicted octanol–water partition coefficient (Wildman–Crippen LogP) is 2.89. The monoisotopic (exact) mass is 424 g/mol. The summed E-state index contributed by atoms with van der Waals surface area (Å²) in [4.78, 5) is 24.1. The highest BCUT2D eigenvalue weighted by Gasteiger charge is 2.52. The van der Waals surface area contributed by atoms with Crippen LogP contribution in [0.2, 0.25) is 5.02 Å². The van der Waals surface area contributed by atoms with Gasteiger partial charge in [-0.15, -0.1) is 0 Å². The fourth-order valence-corrected chi connectivity index (χ4v) is 2.80. The van der Waals surface area contributed by atoms with Gasteiger partial charge in [-0.25, -0.2) is 4.79 Å². The van der Waals surface area contributed by atoms with Crippen LogP contribution < -0.4 is 16.1 Å². The van der Waals surface area contributed by atoms with Crippen LogP contribution in [0.4, 0.5) is 4.79 Å². The highest BCUT2D eigenvalue weighted by Crippen LogP contribution is 2.37. The van der Waals surface area contributed by atoms with Crippen molar-refractivity contribution in [3.05, 3.63) is 28.8 Å². The Balaban J connectivity index is 1.96. The van der Waals surface area contributed by atoms with Crippen LogP contribution in [0.1, 0.15) is 58.8 Å². The molecular weight excluding hydrogens is 394 g/mol. The summed E-state index contributed by atoms with van der Waals surface area (Å²) >= 11 is 6.33. The Morgan fingerprint density at radius 1 is 1.07 bits per heavy atom. The first-order valence-corrected chi connectivity index (χ1v) is 10.00. The number of hydrogen-bond donors (Lipinski definition) is 2. The van der Waals surface area contributed by atoms with Crippen molar-refractivity contribution in [2.75, 3.05) is 13.1 Å². The van der Waals surface area contributed by atoms with Gasteiger partial charge in [0.1, 0.15) is 5.60 Å². The van der Waals surface area contributed by atoms with E-state index in [-0.39, 0.29) is 19.0 Å². The standard InChI is InChI=1S/C20H30BClN2O5/c1-18(2,3)27-17(26)24-11-10-23-16(25)13-8-9-15(22)14(12-13)21-28-19(4,5)20(6,7)29-21/h8-9,12H,10-11H2,1-7H3,(H,23,25)(H,24,26). The Morgan fingerprint density at radius 3 is 2.17 bits per heavy atom. The van der Waals surface area contributed by atoms with E-state index in [9.17, 15) is 9.59 Å². The molecule has 7 nitrogen and oxygen atoms in total. The third-order valence-electron chi connectivity index (χ3n) is 4.84. The van der Waals surface area contributed by atoms with Crippen molar-refractivity contribution >= 4 is 36.2 Å². The smallest absolute Gasteiger partial charge is 0.444 e. The average molecular weight is 425 g/mol. The molecular formula is C20H30BClN2O5. The van der Waals surface area contributed by atoms with Crippen molar-refractivity contribution in [1.29, 1.82) is 0 Å². The number of halogens is 1. The van der Waals surface area contributed by atoms with Crippen molar-refractivity contribution in [1.82, 2.24) is 10.6 Å². The summed E-state index contributed by atoms with van der Waals surface area (Å²) < 4.78 is 17.2. The number of alkyl carbamates (subject to hydrolysis) is 1. The second kappa shape index (κ2) is 8.54. The highest BCUT2D eigenvalue weighted by atomic mass is 35.5. The van der Waals surface area contributed by atoms with E-state index in [1.54, 1.807) is 39.0 Å². The van der Waals surface area contributed by atoms with Crippen LogP contribution in [0.25, 0.3) is 0 Å². The number of nitrogens with one attached hydrogen (secondary N) is 2. The second-order valence-corrected chi connectivity index (χ2v) is 9.42. The van der Waals surface area contributed by atoms with Gasteiger partial charge in [-0.1, -0.05) is 11.6 Å². The van der Waals surface area contributed by atoms with Crippen molar-refractivity contribution < 1.29 is 23.6 Å². The predicted molar refractivity (Wildman–Crippen MR) is 114 cm³/mol. The van der Waals surface area contributed by atoms with Crippen LogP contribution in [0, 0.1) is 0 Å². The zero-order valence-electron chi connectivity index (χ0n) is 18.1. The summed E-state index contributed by atoms with van der Waals surface area (Å²) in [5, 5.41) is 5.81. The topological polar surface area (TPSA) is 85.9 Å². The van der Waals surface area contributed by atoms with Gasteiger partial charge in [0, 0.05) is 29.1 Å². The van der Waals surface area contributed by atoms with Crippen molar-refractivity contribution in [2.24, 2.45) is 0 Å². The number of carbonyl (C=O) groups is 2. The van der Waals surface area contributed by atoms with Gasteiger partial charge < -0.3 is 24.7 Å². The van der Waals surface area contributed by atoms with Gasteiger partial charge in [0.25, 0.3) is 5.91 Å². The summed E-state index contributed by atoms with van der Waals surface area (Å²) in [5.41, 5.74) is -0.555. The van der Waals surface area contributed by atoms with Gasteiger partial charge in [0.2, 0.25) is 0 Å². The summed E-state index contributed by atoms with van der Waals surface area (Å²) in [6.45, 7) is 13.7. The molecule has 160 valence electrons. The molecule has 1 saturated heterocycles. The molecule has 0 radical (unpaired) electrons. The first kappa shape index (κ1) is 23.5. The third kappa shape index (κ3) is 6.11. The van der Waals surface area contributed by atoms with E-state index >= 15 is 0 Å². The number of carbonyl (C=O) groups excluding carboxylic acids is 2. The second-order valence-electron chi connectivity index (χ2n) is 9.01. The van der Waals surface area contributed by atoms with E-state index in [1.807, 2.05) is 27.7 Å². The largest absolute Gasteiger partial charge is 0.496 e. The molecule has 0 bridgehead atoms. The Hall–Kier alpha value is -1.77. The Bertz CT molecular complexity index is 761. The summed E-state index contributed by atoms with van der Waals surface area (Å²) in [6, 6.07) is 4.95. The van der Waals surface area contributed by atoms with E-state index < -0.39 is 30.0 Å². The maximum atomic E-state index is 12.5.